The number of aromatic amines is 1. The van der Waals surface area contributed by atoms with Gasteiger partial charge in [-0.15, -0.1) is 0 Å². The summed E-state index contributed by atoms with van der Waals surface area (Å²) in [6.07, 6.45) is 0.703. The lowest BCUT2D eigenvalue weighted by Gasteiger charge is -2.10. The molecule has 0 aliphatic carbocycles. The van der Waals surface area contributed by atoms with Crippen LogP contribution < -0.4 is 15.4 Å². The van der Waals surface area contributed by atoms with Gasteiger partial charge in [0.15, 0.2) is 0 Å². The maximum absolute atomic E-state index is 12.3. The minimum atomic E-state index is -0.351. The number of aryl methyl sites for hydroxylation is 2. The maximum atomic E-state index is 12.3. The number of nitrogens with one attached hydrogen (secondary N) is 3. The number of benzene rings is 1. The van der Waals surface area contributed by atoms with Crippen LogP contribution in [-0.4, -0.2) is 36.5 Å². The summed E-state index contributed by atoms with van der Waals surface area (Å²) in [5, 5.41) is 5.41. The fraction of sp³-hybridized carbons (Fsp3) is 0.350. The fourth-order valence-electron chi connectivity index (χ4n) is 2.71. The van der Waals surface area contributed by atoms with Gasteiger partial charge in [0.05, 0.1) is 18.7 Å². The van der Waals surface area contributed by atoms with Crippen molar-refractivity contribution in [2.45, 2.75) is 27.2 Å². The molecule has 0 saturated carbocycles. The number of carbonyl (C=O) groups is 2. The molecular formula is C20H25N3O3S. The molecule has 0 fully saturated rings. The first kappa shape index (κ1) is 20.6. The van der Waals surface area contributed by atoms with Gasteiger partial charge in [-0.1, -0.05) is 24.4 Å². The molecule has 0 unspecified atom stereocenters. The summed E-state index contributed by atoms with van der Waals surface area (Å²) >= 11 is 5.21. The van der Waals surface area contributed by atoms with Gasteiger partial charge in [-0.25, -0.2) is 0 Å². The van der Waals surface area contributed by atoms with Crippen LogP contribution in [0.3, 0.4) is 0 Å². The summed E-state index contributed by atoms with van der Waals surface area (Å²) in [4.78, 5) is 27.2. The lowest BCUT2D eigenvalue weighted by molar-refractivity contribution is -0.120. The predicted octanol–water partition coefficient (Wildman–Crippen LogP) is 2.85. The Labute approximate surface area is 164 Å². The van der Waals surface area contributed by atoms with Crippen LogP contribution in [0.2, 0.25) is 0 Å². The molecule has 0 saturated heterocycles. The van der Waals surface area contributed by atoms with Crippen molar-refractivity contribution in [3.05, 3.63) is 57.4 Å². The maximum Gasteiger partial charge on any atom is 0.254 e. The lowest BCUT2D eigenvalue weighted by Crippen LogP contribution is -2.38. The third-order valence-corrected chi connectivity index (χ3v) is 4.28. The zero-order valence-corrected chi connectivity index (χ0v) is 16.7. The highest BCUT2D eigenvalue weighted by Crippen LogP contribution is 2.12. The summed E-state index contributed by atoms with van der Waals surface area (Å²) in [5.41, 5.74) is 3.17. The van der Waals surface area contributed by atoms with Crippen LogP contribution in [-0.2, 0) is 11.2 Å². The van der Waals surface area contributed by atoms with Gasteiger partial charge in [-0.05, 0) is 56.5 Å². The zero-order valence-electron chi connectivity index (χ0n) is 15.8. The molecule has 7 heteroatoms. The van der Waals surface area contributed by atoms with Crippen molar-refractivity contribution in [3.8, 4) is 5.75 Å². The van der Waals surface area contributed by atoms with Crippen LogP contribution in [0.4, 0.5) is 0 Å². The van der Waals surface area contributed by atoms with Gasteiger partial charge in [0.1, 0.15) is 10.4 Å². The van der Waals surface area contributed by atoms with E-state index < -0.39 is 0 Å². The van der Waals surface area contributed by atoms with E-state index in [1.165, 1.54) is 0 Å². The highest BCUT2D eigenvalue weighted by Gasteiger charge is 2.13. The molecule has 0 atom stereocenters. The Bertz CT molecular complexity index is 860. The van der Waals surface area contributed by atoms with E-state index in [1.807, 2.05) is 51.1 Å². The highest BCUT2D eigenvalue weighted by molar-refractivity contribution is 7.71. The van der Waals surface area contributed by atoms with E-state index in [2.05, 4.69) is 15.6 Å². The van der Waals surface area contributed by atoms with E-state index in [4.69, 9.17) is 17.0 Å². The third kappa shape index (κ3) is 6.21. The largest absolute Gasteiger partial charge is 0.494 e. The molecule has 2 amide bonds. The SMILES string of the molecule is CCOc1ccc(CCNC(=O)CNC(=O)c2c(C)cc(C)[nH]c2=S)cc1. The van der Waals surface area contributed by atoms with Crippen LogP contribution in [0.5, 0.6) is 5.75 Å². The Kier molecular flexibility index (Phi) is 7.55. The Balaban J connectivity index is 1.78. The van der Waals surface area contributed by atoms with Crippen LogP contribution in [0.15, 0.2) is 30.3 Å². The van der Waals surface area contributed by atoms with Gasteiger partial charge in [0.2, 0.25) is 5.91 Å². The van der Waals surface area contributed by atoms with Crippen molar-refractivity contribution >= 4 is 24.0 Å². The van der Waals surface area contributed by atoms with Gasteiger partial charge >= 0.3 is 0 Å². The second kappa shape index (κ2) is 9.87. The van der Waals surface area contributed by atoms with Gasteiger partial charge in [-0.3, -0.25) is 9.59 Å². The van der Waals surface area contributed by atoms with Gasteiger partial charge in [-0.2, -0.15) is 0 Å². The molecule has 1 heterocycles. The van der Waals surface area contributed by atoms with Crippen molar-refractivity contribution in [1.82, 2.24) is 15.6 Å². The number of hydrogen-bond acceptors (Lipinski definition) is 4. The van der Waals surface area contributed by atoms with E-state index >= 15 is 0 Å². The number of hydrogen-bond donors (Lipinski definition) is 3. The Morgan fingerprint density at radius 2 is 1.85 bits per heavy atom. The van der Waals surface area contributed by atoms with Gasteiger partial charge < -0.3 is 20.4 Å². The molecule has 3 N–H and O–H groups in total. The summed E-state index contributed by atoms with van der Waals surface area (Å²) in [6, 6.07) is 9.62. The summed E-state index contributed by atoms with van der Waals surface area (Å²) in [5.74, 6) is 0.238. The van der Waals surface area contributed by atoms with Crippen molar-refractivity contribution in [2.24, 2.45) is 0 Å². The van der Waals surface area contributed by atoms with E-state index in [0.29, 0.717) is 29.8 Å². The minimum Gasteiger partial charge on any atom is -0.494 e. The molecule has 2 aromatic rings. The summed E-state index contributed by atoms with van der Waals surface area (Å²) in [7, 11) is 0. The molecule has 0 radical (unpaired) electrons. The van der Waals surface area contributed by atoms with Crippen molar-refractivity contribution in [1.29, 1.82) is 0 Å². The van der Waals surface area contributed by atoms with Gasteiger partial charge in [0, 0.05) is 12.2 Å². The normalized spacial score (nSPS) is 10.3. The van der Waals surface area contributed by atoms with Crippen LogP contribution in [0.25, 0.3) is 0 Å². The van der Waals surface area contributed by atoms with Crippen LogP contribution in [0.1, 0.15) is 34.1 Å². The predicted molar refractivity (Wildman–Crippen MR) is 108 cm³/mol. The first-order chi connectivity index (χ1) is 12.9. The minimum absolute atomic E-state index is 0.0931. The molecule has 27 heavy (non-hydrogen) atoms. The first-order valence-corrected chi connectivity index (χ1v) is 9.28. The lowest BCUT2D eigenvalue weighted by atomic mass is 10.1. The van der Waals surface area contributed by atoms with E-state index in [9.17, 15) is 9.59 Å². The molecular weight excluding hydrogens is 362 g/mol. The number of H-pyrrole nitrogens is 1. The summed E-state index contributed by atoms with van der Waals surface area (Å²) in [6.45, 7) is 6.67. The van der Waals surface area contributed by atoms with Crippen molar-refractivity contribution < 1.29 is 14.3 Å². The zero-order chi connectivity index (χ0) is 19.8. The average Bonchev–Trinajstić information content (AvgIpc) is 2.61. The van der Waals surface area contributed by atoms with Crippen LogP contribution >= 0.6 is 12.2 Å². The van der Waals surface area contributed by atoms with Crippen molar-refractivity contribution in [3.63, 3.8) is 0 Å². The Morgan fingerprint density at radius 3 is 2.48 bits per heavy atom. The number of rotatable bonds is 8. The molecule has 0 aliphatic heterocycles. The van der Waals surface area contributed by atoms with Crippen LogP contribution in [0, 0.1) is 18.5 Å². The Morgan fingerprint density at radius 1 is 1.15 bits per heavy atom. The second-order valence-corrected chi connectivity index (χ2v) is 6.61. The quantitative estimate of drug-likeness (QED) is 0.608. The fourth-order valence-corrected chi connectivity index (χ4v) is 3.13. The number of pyridine rings is 1. The molecule has 6 nitrogen and oxygen atoms in total. The number of ether oxygens (including phenoxy) is 1. The molecule has 0 aliphatic rings. The summed E-state index contributed by atoms with van der Waals surface area (Å²) < 4.78 is 5.77. The number of aromatic nitrogens is 1. The first-order valence-electron chi connectivity index (χ1n) is 8.88. The number of amides is 2. The van der Waals surface area contributed by atoms with E-state index in [0.717, 1.165) is 22.6 Å². The van der Waals surface area contributed by atoms with Crippen molar-refractivity contribution in [2.75, 3.05) is 19.7 Å². The molecule has 1 aromatic heterocycles. The molecule has 2 rings (SSSR count). The standard InChI is InChI=1S/C20H25N3O3S/c1-4-26-16-7-5-15(6-8-16)9-10-21-17(24)12-22-19(25)18-13(2)11-14(3)23-20(18)27/h5-8,11H,4,9-10,12H2,1-3H3,(H,21,24)(H,22,25)(H,23,27). The Hall–Kier alpha value is -2.67. The molecule has 0 bridgehead atoms. The molecule has 144 valence electrons. The second-order valence-electron chi connectivity index (χ2n) is 6.20. The third-order valence-electron chi connectivity index (χ3n) is 3.97. The molecule has 1 aromatic carbocycles. The van der Waals surface area contributed by atoms with Gasteiger partial charge in [0.25, 0.3) is 5.91 Å². The number of carbonyl (C=O) groups excluding carboxylic acids is 2. The average molecular weight is 388 g/mol. The van der Waals surface area contributed by atoms with E-state index in [1.54, 1.807) is 0 Å². The topological polar surface area (TPSA) is 83.2 Å². The van der Waals surface area contributed by atoms with E-state index in [-0.39, 0.29) is 18.4 Å². The molecule has 0 spiro atoms. The highest BCUT2D eigenvalue weighted by atomic mass is 32.1. The monoisotopic (exact) mass is 387 g/mol. The smallest absolute Gasteiger partial charge is 0.254 e.